The molecule has 70 valence electrons. The van der Waals surface area contributed by atoms with Crippen molar-refractivity contribution in [2.24, 2.45) is 0 Å². The topological polar surface area (TPSA) is 40.5 Å². The molecule has 0 radical (unpaired) electrons. The van der Waals surface area contributed by atoms with Crippen LogP contribution in [0.2, 0.25) is 0 Å². The van der Waals surface area contributed by atoms with Crippen LogP contribution in [-0.2, 0) is 4.79 Å². The predicted molar refractivity (Wildman–Crippen MR) is 46.7 cm³/mol. The molecule has 1 saturated heterocycles. The van der Waals surface area contributed by atoms with Gasteiger partial charge in [-0.1, -0.05) is 6.92 Å². The lowest BCUT2D eigenvalue weighted by atomic mass is 10.1. The highest BCUT2D eigenvalue weighted by molar-refractivity contribution is 5.76. The van der Waals surface area contributed by atoms with Gasteiger partial charge in [0.25, 0.3) is 0 Å². The highest BCUT2D eigenvalue weighted by Crippen LogP contribution is 2.11. The Labute approximate surface area is 73.4 Å². The maximum Gasteiger partial charge on any atom is 0.222 e. The van der Waals surface area contributed by atoms with Gasteiger partial charge >= 0.3 is 0 Å². The van der Waals surface area contributed by atoms with E-state index in [4.69, 9.17) is 0 Å². The number of aliphatic hydroxyl groups excluding tert-OH is 1. The van der Waals surface area contributed by atoms with Crippen molar-refractivity contribution < 1.29 is 9.90 Å². The summed E-state index contributed by atoms with van der Waals surface area (Å²) in [6, 6.07) is 0. The van der Waals surface area contributed by atoms with E-state index in [0.717, 1.165) is 25.8 Å². The van der Waals surface area contributed by atoms with Crippen molar-refractivity contribution >= 4 is 5.91 Å². The molecule has 0 aliphatic carbocycles. The number of likely N-dealkylation sites (tertiary alicyclic amines) is 1. The number of hydrogen-bond acceptors (Lipinski definition) is 2. The summed E-state index contributed by atoms with van der Waals surface area (Å²) in [7, 11) is 0. The third-order valence-corrected chi connectivity index (χ3v) is 2.32. The zero-order chi connectivity index (χ0) is 8.97. The van der Waals surface area contributed by atoms with E-state index >= 15 is 0 Å². The number of rotatable bonds is 3. The van der Waals surface area contributed by atoms with Crippen molar-refractivity contribution in [1.29, 1.82) is 0 Å². The molecule has 12 heavy (non-hydrogen) atoms. The summed E-state index contributed by atoms with van der Waals surface area (Å²) in [4.78, 5) is 13.0. The Bertz CT molecular complexity index is 159. The van der Waals surface area contributed by atoms with E-state index in [2.05, 4.69) is 0 Å². The molecule has 1 heterocycles. The maximum absolute atomic E-state index is 11.3. The van der Waals surface area contributed by atoms with E-state index in [1.54, 1.807) is 4.90 Å². The number of piperidine rings is 1. The van der Waals surface area contributed by atoms with Gasteiger partial charge in [-0.25, -0.2) is 0 Å². The summed E-state index contributed by atoms with van der Waals surface area (Å²) >= 11 is 0. The SMILES string of the molecule is CCC(O)CN1CCCCC1=O. The Hall–Kier alpha value is -0.570. The molecule has 1 aliphatic heterocycles. The zero-order valence-corrected chi connectivity index (χ0v) is 7.62. The molecule has 0 spiro atoms. The third kappa shape index (κ3) is 2.48. The highest BCUT2D eigenvalue weighted by Gasteiger charge is 2.19. The average Bonchev–Trinajstić information content (AvgIpc) is 2.09. The Morgan fingerprint density at radius 3 is 2.92 bits per heavy atom. The molecule has 0 bridgehead atoms. The van der Waals surface area contributed by atoms with Gasteiger partial charge in [-0.15, -0.1) is 0 Å². The van der Waals surface area contributed by atoms with Gasteiger partial charge in [0.2, 0.25) is 5.91 Å². The van der Waals surface area contributed by atoms with Gasteiger partial charge in [0.05, 0.1) is 6.10 Å². The molecule has 1 atom stereocenters. The second kappa shape index (κ2) is 4.45. The van der Waals surface area contributed by atoms with Gasteiger partial charge in [0, 0.05) is 19.5 Å². The van der Waals surface area contributed by atoms with Gasteiger partial charge in [-0.3, -0.25) is 4.79 Å². The molecule has 0 aromatic heterocycles. The standard InChI is InChI=1S/C9H17NO2/c1-2-8(11)7-10-6-4-3-5-9(10)12/h8,11H,2-7H2,1H3. The van der Waals surface area contributed by atoms with E-state index in [1.807, 2.05) is 6.92 Å². The predicted octanol–water partition coefficient (Wildman–Crippen LogP) is 0.770. The van der Waals surface area contributed by atoms with Crippen LogP contribution in [-0.4, -0.2) is 35.1 Å². The number of aliphatic hydroxyl groups is 1. The number of nitrogens with zero attached hydrogens (tertiary/aromatic N) is 1. The van der Waals surface area contributed by atoms with Gasteiger partial charge in [-0.2, -0.15) is 0 Å². The van der Waals surface area contributed by atoms with Crippen LogP contribution in [0.25, 0.3) is 0 Å². The molecule has 0 aromatic rings. The van der Waals surface area contributed by atoms with Gasteiger partial charge < -0.3 is 10.0 Å². The second-order valence-electron chi connectivity index (χ2n) is 3.36. The first kappa shape index (κ1) is 9.52. The van der Waals surface area contributed by atoms with Crippen LogP contribution in [0.5, 0.6) is 0 Å². The molecule has 1 fully saturated rings. The van der Waals surface area contributed by atoms with Gasteiger partial charge in [-0.05, 0) is 19.3 Å². The molecule has 3 nitrogen and oxygen atoms in total. The minimum Gasteiger partial charge on any atom is -0.391 e. The smallest absolute Gasteiger partial charge is 0.222 e. The zero-order valence-electron chi connectivity index (χ0n) is 7.62. The Balaban J connectivity index is 2.34. The number of amides is 1. The summed E-state index contributed by atoms with van der Waals surface area (Å²) in [5, 5.41) is 9.33. The van der Waals surface area contributed by atoms with Crippen molar-refractivity contribution in [3.05, 3.63) is 0 Å². The molecule has 0 aromatic carbocycles. The molecular formula is C9H17NO2. The summed E-state index contributed by atoms with van der Waals surface area (Å²) in [6.45, 7) is 3.28. The number of β-amino-alcohol motifs (C(OH)–C–C–N with tert-alkyl or cyclic N) is 1. The van der Waals surface area contributed by atoms with Crippen LogP contribution in [0.15, 0.2) is 0 Å². The first-order chi connectivity index (χ1) is 5.74. The molecule has 1 rings (SSSR count). The minimum atomic E-state index is -0.341. The second-order valence-corrected chi connectivity index (χ2v) is 3.36. The molecule has 3 heteroatoms. The number of carbonyl (C=O) groups excluding carboxylic acids is 1. The van der Waals surface area contributed by atoms with E-state index in [9.17, 15) is 9.90 Å². The van der Waals surface area contributed by atoms with Gasteiger partial charge in [0.15, 0.2) is 0 Å². The summed E-state index contributed by atoms with van der Waals surface area (Å²) in [6.07, 6.45) is 3.15. The normalized spacial score (nSPS) is 21.2. The average molecular weight is 171 g/mol. The Morgan fingerprint density at radius 2 is 2.33 bits per heavy atom. The first-order valence-electron chi connectivity index (χ1n) is 4.70. The lowest BCUT2D eigenvalue weighted by Crippen LogP contribution is -2.40. The van der Waals surface area contributed by atoms with Crippen LogP contribution < -0.4 is 0 Å². The van der Waals surface area contributed by atoms with Crippen molar-refractivity contribution in [2.75, 3.05) is 13.1 Å². The fourth-order valence-electron chi connectivity index (χ4n) is 1.44. The maximum atomic E-state index is 11.3. The molecule has 1 unspecified atom stereocenters. The van der Waals surface area contributed by atoms with Crippen LogP contribution in [0.1, 0.15) is 32.6 Å². The fraction of sp³-hybridized carbons (Fsp3) is 0.889. The van der Waals surface area contributed by atoms with Crippen LogP contribution >= 0.6 is 0 Å². The van der Waals surface area contributed by atoms with Crippen LogP contribution in [0.3, 0.4) is 0 Å². The molecule has 1 N–H and O–H groups in total. The van der Waals surface area contributed by atoms with E-state index in [1.165, 1.54) is 0 Å². The van der Waals surface area contributed by atoms with E-state index < -0.39 is 0 Å². The third-order valence-electron chi connectivity index (χ3n) is 2.32. The van der Waals surface area contributed by atoms with Crippen molar-refractivity contribution in [3.63, 3.8) is 0 Å². The number of hydrogen-bond donors (Lipinski definition) is 1. The van der Waals surface area contributed by atoms with Gasteiger partial charge in [0.1, 0.15) is 0 Å². The molecular weight excluding hydrogens is 154 g/mol. The summed E-state index contributed by atoms with van der Waals surface area (Å²) in [5.41, 5.74) is 0. The lowest BCUT2D eigenvalue weighted by molar-refractivity contribution is -0.134. The molecule has 0 saturated carbocycles. The first-order valence-corrected chi connectivity index (χ1v) is 4.70. The summed E-state index contributed by atoms with van der Waals surface area (Å²) < 4.78 is 0. The van der Waals surface area contributed by atoms with Crippen LogP contribution in [0.4, 0.5) is 0 Å². The van der Waals surface area contributed by atoms with Crippen molar-refractivity contribution in [3.8, 4) is 0 Å². The summed E-state index contributed by atoms with van der Waals surface area (Å²) in [5.74, 6) is 0.203. The van der Waals surface area contributed by atoms with E-state index in [-0.39, 0.29) is 12.0 Å². The van der Waals surface area contributed by atoms with E-state index in [0.29, 0.717) is 13.0 Å². The minimum absolute atomic E-state index is 0.203. The molecule has 1 aliphatic rings. The lowest BCUT2D eigenvalue weighted by Gasteiger charge is -2.28. The largest absolute Gasteiger partial charge is 0.391 e. The highest BCUT2D eigenvalue weighted by atomic mass is 16.3. The fourth-order valence-corrected chi connectivity index (χ4v) is 1.44. The molecule has 1 amide bonds. The Morgan fingerprint density at radius 1 is 1.58 bits per heavy atom. The van der Waals surface area contributed by atoms with Crippen molar-refractivity contribution in [2.45, 2.75) is 38.7 Å². The monoisotopic (exact) mass is 171 g/mol. The van der Waals surface area contributed by atoms with Crippen molar-refractivity contribution in [1.82, 2.24) is 4.90 Å². The van der Waals surface area contributed by atoms with Crippen LogP contribution in [0, 0.1) is 0 Å². The quantitative estimate of drug-likeness (QED) is 0.681. The Kier molecular flexibility index (Phi) is 3.53. The number of carbonyl (C=O) groups is 1.